The zero-order chi connectivity index (χ0) is 26.7. The van der Waals surface area contributed by atoms with Gasteiger partial charge >= 0.3 is 0 Å². The first kappa shape index (κ1) is 37.1. The van der Waals surface area contributed by atoms with Crippen molar-refractivity contribution in [3.63, 3.8) is 0 Å². The standard InChI is InChI=1S/C24H48Cl2O11/c25-1-3-27-5-7-29-9-11-31-13-15-33-17-19-35-21-23-37-24-22-36-20-18-34-16-14-32-12-10-30-8-6-28-4-2-26/h1-24H2. The number of ether oxygens (including phenoxy) is 11. The fourth-order valence-corrected chi connectivity index (χ4v) is 2.63. The highest BCUT2D eigenvalue weighted by molar-refractivity contribution is 6.18. The van der Waals surface area contributed by atoms with Crippen LogP contribution in [0.1, 0.15) is 0 Å². The molecule has 0 spiro atoms. The zero-order valence-corrected chi connectivity index (χ0v) is 23.7. The Morgan fingerprint density at radius 2 is 0.297 bits per heavy atom. The van der Waals surface area contributed by atoms with Crippen LogP contribution in [0.5, 0.6) is 0 Å². The first-order chi connectivity index (χ1) is 18.4. The zero-order valence-electron chi connectivity index (χ0n) is 22.2. The van der Waals surface area contributed by atoms with Crippen LogP contribution in [0.4, 0.5) is 0 Å². The highest BCUT2D eigenvalue weighted by Gasteiger charge is 1.96. The van der Waals surface area contributed by atoms with E-state index in [0.717, 1.165) is 0 Å². The molecule has 0 heterocycles. The van der Waals surface area contributed by atoms with Gasteiger partial charge in [0, 0.05) is 11.8 Å². The normalized spacial score (nSPS) is 11.5. The smallest absolute Gasteiger partial charge is 0.0701 e. The van der Waals surface area contributed by atoms with E-state index >= 15 is 0 Å². The Hall–Kier alpha value is 0.140. The summed E-state index contributed by atoms with van der Waals surface area (Å²) in [5.41, 5.74) is 0. The van der Waals surface area contributed by atoms with E-state index in [4.69, 9.17) is 75.3 Å². The molecule has 0 N–H and O–H groups in total. The monoisotopic (exact) mass is 582 g/mol. The van der Waals surface area contributed by atoms with E-state index in [9.17, 15) is 0 Å². The van der Waals surface area contributed by atoms with Crippen LogP contribution in [0.2, 0.25) is 0 Å². The van der Waals surface area contributed by atoms with Gasteiger partial charge in [0.2, 0.25) is 0 Å². The van der Waals surface area contributed by atoms with Gasteiger partial charge in [-0.05, 0) is 0 Å². The Morgan fingerprint density at radius 3 is 0.405 bits per heavy atom. The van der Waals surface area contributed by atoms with Gasteiger partial charge in [-0.2, -0.15) is 0 Å². The Labute approximate surface area is 232 Å². The SMILES string of the molecule is ClCCOCCOCCOCCOCCOCCOCCOCCOCCOCCOCCOCCCl. The molecule has 0 aliphatic heterocycles. The van der Waals surface area contributed by atoms with Gasteiger partial charge in [0.05, 0.1) is 145 Å². The maximum atomic E-state index is 5.50. The minimum atomic E-state index is 0.499. The number of hydrogen-bond donors (Lipinski definition) is 0. The molecule has 0 aromatic carbocycles. The van der Waals surface area contributed by atoms with E-state index in [1.807, 2.05) is 0 Å². The van der Waals surface area contributed by atoms with E-state index in [1.54, 1.807) is 0 Å². The Bertz CT molecular complexity index is 368. The molecule has 13 heteroatoms. The first-order valence-corrected chi connectivity index (χ1v) is 14.0. The molecule has 37 heavy (non-hydrogen) atoms. The molecule has 0 atom stereocenters. The van der Waals surface area contributed by atoms with Crippen molar-refractivity contribution in [1.82, 2.24) is 0 Å². The summed E-state index contributed by atoms with van der Waals surface area (Å²) in [5.74, 6) is 0.998. The van der Waals surface area contributed by atoms with Crippen molar-refractivity contribution in [3.05, 3.63) is 0 Å². The summed E-state index contributed by atoms with van der Waals surface area (Å²) < 4.78 is 59.1. The summed E-state index contributed by atoms with van der Waals surface area (Å²) in [6.07, 6.45) is 0. The second-order valence-electron chi connectivity index (χ2n) is 7.11. The number of halogens is 2. The largest absolute Gasteiger partial charge is 0.378 e. The summed E-state index contributed by atoms with van der Waals surface area (Å²) in [6.45, 7) is 11.6. The molecule has 11 nitrogen and oxygen atoms in total. The number of alkyl halides is 2. The summed E-state index contributed by atoms with van der Waals surface area (Å²) >= 11 is 11.0. The highest BCUT2D eigenvalue weighted by atomic mass is 35.5. The van der Waals surface area contributed by atoms with Crippen molar-refractivity contribution in [2.24, 2.45) is 0 Å². The molecular weight excluding hydrogens is 535 g/mol. The molecule has 0 bridgehead atoms. The highest BCUT2D eigenvalue weighted by Crippen LogP contribution is 1.87. The van der Waals surface area contributed by atoms with Crippen LogP contribution in [0.25, 0.3) is 0 Å². The second kappa shape index (κ2) is 36.1. The van der Waals surface area contributed by atoms with Crippen molar-refractivity contribution in [1.29, 1.82) is 0 Å². The molecule has 0 aromatic heterocycles. The minimum absolute atomic E-state index is 0.499. The molecule has 0 saturated heterocycles. The number of rotatable bonds is 34. The van der Waals surface area contributed by atoms with Crippen molar-refractivity contribution in [3.8, 4) is 0 Å². The fraction of sp³-hybridized carbons (Fsp3) is 1.00. The molecule has 0 aliphatic rings. The molecular formula is C24H48Cl2O11. The molecule has 0 fully saturated rings. The molecule has 0 rings (SSSR count). The van der Waals surface area contributed by atoms with Gasteiger partial charge in [0.1, 0.15) is 0 Å². The average molecular weight is 584 g/mol. The van der Waals surface area contributed by atoms with Crippen molar-refractivity contribution in [2.45, 2.75) is 0 Å². The van der Waals surface area contributed by atoms with Gasteiger partial charge in [0.15, 0.2) is 0 Å². The van der Waals surface area contributed by atoms with Gasteiger partial charge in [0.25, 0.3) is 0 Å². The van der Waals surface area contributed by atoms with E-state index in [0.29, 0.717) is 157 Å². The Kier molecular flexibility index (Phi) is 36.3. The van der Waals surface area contributed by atoms with Crippen LogP contribution in [-0.4, -0.2) is 157 Å². The van der Waals surface area contributed by atoms with E-state index in [-0.39, 0.29) is 0 Å². The van der Waals surface area contributed by atoms with Gasteiger partial charge in [-0.25, -0.2) is 0 Å². The summed E-state index contributed by atoms with van der Waals surface area (Å²) in [6, 6.07) is 0. The van der Waals surface area contributed by atoms with Gasteiger partial charge in [-0.1, -0.05) is 0 Å². The maximum absolute atomic E-state index is 5.50. The first-order valence-electron chi connectivity index (χ1n) is 12.9. The predicted octanol–water partition coefficient (Wildman–Crippen LogP) is 1.65. The van der Waals surface area contributed by atoms with Crippen molar-refractivity contribution < 1.29 is 52.1 Å². The second-order valence-corrected chi connectivity index (χ2v) is 7.87. The van der Waals surface area contributed by atoms with Crippen LogP contribution < -0.4 is 0 Å². The molecule has 0 saturated carbocycles. The topological polar surface area (TPSA) is 102 Å². The average Bonchev–Trinajstić information content (AvgIpc) is 2.91. The van der Waals surface area contributed by atoms with Crippen molar-refractivity contribution >= 4 is 23.2 Å². The van der Waals surface area contributed by atoms with Crippen molar-refractivity contribution in [2.75, 3.05) is 157 Å². The lowest BCUT2D eigenvalue weighted by Crippen LogP contribution is -2.15. The maximum Gasteiger partial charge on any atom is 0.0701 e. The van der Waals surface area contributed by atoms with Gasteiger partial charge < -0.3 is 52.1 Å². The van der Waals surface area contributed by atoms with E-state index < -0.39 is 0 Å². The summed E-state index contributed by atoms with van der Waals surface area (Å²) in [5, 5.41) is 0. The lowest BCUT2D eigenvalue weighted by atomic mass is 10.6. The molecule has 0 aromatic rings. The van der Waals surface area contributed by atoms with Crippen LogP contribution in [-0.2, 0) is 52.1 Å². The van der Waals surface area contributed by atoms with Gasteiger partial charge in [-0.3, -0.25) is 0 Å². The molecule has 0 amide bonds. The molecule has 224 valence electrons. The minimum Gasteiger partial charge on any atom is -0.378 e. The molecule has 0 radical (unpaired) electrons. The molecule has 0 aliphatic carbocycles. The van der Waals surface area contributed by atoms with Crippen LogP contribution >= 0.6 is 23.2 Å². The van der Waals surface area contributed by atoms with E-state index in [2.05, 4.69) is 0 Å². The third-order valence-corrected chi connectivity index (χ3v) is 4.47. The van der Waals surface area contributed by atoms with Crippen LogP contribution in [0, 0.1) is 0 Å². The lowest BCUT2D eigenvalue weighted by molar-refractivity contribution is -0.0272. The Balaban J connectivity index is 3.00. The quantitative estimate of drug-likeness (QED) is 0.0817. The predicted molar refractivity (Wildman–Crippen MR) is 140 cm³/mol. The number of hydrogen-bond acceptors (Lipinski definition) is 11. The summed E-state index contributed by atoms with van der Waals surface area (Å²) in [4.78, 5) is 0. The summed E-state index contributed by atoms with van der Waals surface area (Å²) in [7, 11) is 0. The van der Waals surface area contributed by atoms with Crippen LogP contribution in [0.15, 0.2) is 0 Å². The lowest BCUT2D eigenvalue weighted by Gasteiger charge is -2.09. The molecule has 0 unspecified atom stereocenters. The Morgan fingerprint density at radius 1 is 0.189 bits per heavy atom. The fourth-order valence-electron chi connectivity index (χ4n) is 2.41. The van der Waals surface area contributed by atoms with E-state index in [1.165, 1.54) is 0 Å². The third kappa shape index (κ3) is 36.1. The van der Waals surface area contributed by atoms with Gasteiger partial charge in [-0.15, -0.1) is 23.2 Å². The third-order valence-electron chi connectivity index (χ3n) is 4.16. The van der Waals surface area contributed by atoms with Crippen LogP contribution in [0.3, 0.4) is 0 Å².